The van der Waals surface area contributed by atoms with Crippen LogP contribution in [-0.4, -0.2) is 26.4 Å². The molecule has 0 saturated heterocycles. The van der Waals surface area contributed by atoms with E-state index >= 15 is 0 Å². The molecule has 0 heterocycles. The van der Waals surface area contributed by atoms with Gasteiger partial charge >= 0.3 is 0 Å². The Morgan fingerprint density at radius 3 is 2.23 bits per heavy atom. The van der Waals surface area contributed by atoms with Gasteiger partial charge in [0.1, 0.15) is 0 Å². The van der Waals surface area contributed by atoms with Crippen LogP contribution in [0, 0.1) is 0 Å². The number of rotatable bonds is 3. The van der Waals surface area contributed by atoms with Gasteiger partial charge in [-0.05, 0) is 24.3 Å². The monoisotopic (exact) mass is 178 g/mol. The lowest BCUT2D eigenvalue weighted by atomic mass is 10.1. The second-order valence-electron chi connectivity index (χ2n) is 3.07. The van der Waals surface area contributed by atoms with Crippen LogP contribution in [0.4, 0.5) is 5.69 Å². The van der Waals surface area contributed by atoms with Gasteiger partial charge in [0, 0.05) is 25.3 Å². The molecule has 0 saturated carbocycles. The van der Waals surface area contributed by atoms with E-state index in [4.69, 9.17) is 5.73 Å². The second-order valence-corrected chi connectivity index (χ2v) is 3.07. The zero-order valence-corrected chi connectivity index (χ0v) is 7.95. The number of carbonyl (C=O) groups is 1. The standard InChI is InChI=1S/C10H14N2O/c1-12(2)9-5-3-8(4-6-9)10(13)7-11/h3-6H,7,11H2,1-2H3. The fraction of sp³-hybridized carbons (Fsp3) is 0.300. The van der Waals surface area contributed by atoms with Crippen molar-refractivity contribution >= 4 is 11.5 Å². The molecular formula is C10H14N2O. The van der Waals surface area contributed by atoms with E-state index in [2.05, 4.69) is 0 Å². The Kier molecular flexibility index (Phi) is 3.03. The fourth-order valence-corrected chi connectivity index (χ4v) is 1.06. The Morgan fingerprint density at radius 2 is 1.85 bits per heavy atom. The molecule has 0 unspecified atom stereocenters. The maximum absolute atomic E-state index is 11.2. The molecule has 0 aromatic heterocycles. The van der Waals surface area contributed by atoms with E-state index in [9.17, 15) is 4.79 Å². The number of anilines is 1. The third-order valence-electron chi connectivity index (χ3n) is 1.89. The van der Waals surface area contributed by atoms with Crippen LogP contribution in [0.2, 0.25) is 0 Å². The Bertz CT molecular complexity index is 290. The van der Waals surface area contributed by atoms with Crippen LogP contribution in [0.15, 0.2) is 24.3 Å². The van der Waals surface area contributed by atoms with Crippen molar-refractivity contribution in [2.75, 3.05) is 25.5 Å². The van der Waals surface area contributed by atoms with Crippen molar-refractivity contribution in [2.24, 2.45) is 5.73 Å². The van der Waals surface area contributed by atoms with E-state index in [1.165, 1.54) is 0 Å². The molecule has 0 bridgehead atoms. The third-order valence-corrected chi connectivity index (χ3v) is 1.89. The van der Waals surface area contributed by atoms with Crippen molar-refractivity contribution in [1.29, 1.82) is 0 Å². The molecule has 0 fully saturated rings. The summed E-state index contributed by atoms with van der Waals surface area (Å²) in [5.41, 5.74) is 6.99. The van der Waals surface area contributed by atoms with E-state index in [1.54, 1.807) is 12.1 Å². The summed E-state index contributed by atoms with van der Waals surface area (Å²) < 4.78 is 0. The van der Waals surface area contributed by atoms with Gasteiger partial charge in [-0.15, -0.1) is 0 Å². The summed E-state index contributed by atoms with van der Waals surface area (Å²) in [5.74, 6) is -0.0229. The first-order valence-corrected chi connectivity index (χ1v) is 4.16. The zero-order chi connectivity index (χ0) is 9.84. The molecule has 70 valence electrons. The van der Waals surface area contributed by atoms with Crippen LogP contribution >= 0.6 is 0 Å². The summed E-state index contributed by atoms with van der Waals surface area (Å²) in [6, 6.07) is 7.40. The van der Waals surface area contributed by atoms with Gasteiger partial charge in [-0.3, -0.25) is 4.79 Å². The molecule has 3 heteroatoms. The quantitative estimate of drug-likeness (QED) is 0.699. The molecule has 2 N–H and O–H groups in total. The molecule has 0 spiro atoms. The van der Waals surface area contributed by atoms with E-state index in [0.717, 1.165) is 5.69 Å². The molecule has 0 amide bonds. The van der Waals surface area contributed by atoms with Crippen molar-refractivity contribution in [3.05, 3.63) is 29.8 Å². The van der Waals surface area contributed by atoms with Crippen molar-refractivity contribution < 1.29 is 4.79 Å². The normalized spacial score (nSPS) is 9.77. The van der Waals surface area contributed by atoms with Gasteiger partial charge < -0.3 is 10.6 Å². The number of nitrogens with two attached hydrogens (primary N) is 1. The Morgan fingerprint density at radius 1 is 1.31 bits per heavy atom. The Labute approximate surface area is 78.2 Å². The van der Waals surface area contributed by atoms with Gasteiger partial charge in [-0.1, -0.05) is 0 Å². The maximum Gasteiger partial charge on any atom is 0.176 e. The smallest absolute Gasteiger partial charge is 0.176 e. The molecule has 1 aromatic carbocycles. The van der Waals surface area contributed by atoms with Crippen LogP contribution in [0.5, 0.6) is 0 Å². The van der Waals surface area contributed by atoms with Crippen LogP contribution in [0.3, 0.4) is 0 Å². The van der Waals surface area contributed by atoms with Gasteiger partial charge in [0.15, 0.2) is 5.78 Å². The second kappa shape index (κ2) is 4.05. The lowest BCUT2D eigenvalue weighted by Gasteiger charge is -2.12. The molecule has 0 aliphatic carbocycles. The first-order chi connectivity index (χ1) is 6.15. The van der Waals surface area contributed by atoms with Crippen LogP contribution in [0.25, 0.3) is 0 Å². The predicted octanol–water partition coefficient (Wildman–Crippen LogP) is 0.894. The topological polar surface area (TPSA) is 46.3 Å². The molecule has 0 atom stereocenters. The predicted molar refractivity (Wildman–Crippen MR) is 54.2 cm³/mol. The third kappa shape index (κ3) is 2.29. The van der Waals surface area contributed by atoms with E-state index in [1.807, 2.05) is 31.1 Å². The van der Waals surface area contributed by atoms with Crippen molar-refractivity contribution in [3.8, 4) is 0 Å². The van der Waals surface area contributed by atoms with Gasteiger partial charge in [0.25, 0.3) is 0 Å². The number of ketones is 1. The number of Topliss-reactive ketones (excluding diaryl/α,β-unsaturated/α-hetero) is 1. The molecule has 1 aromatic rings. The van der Waals surface area contributed by atoms with Gasteiger partial charge in [0.2, 0.25) is 0 Å². The average Bonchev–Trinajstić information content (AvgIpc) is 2.17. The molecule has 0 aliphatic rings. The highest BCUT2D eigenvalue weighted by molar-refractivity contribution is 5.97. The van der Waals surface area contributed by atoms with Crippen LogP contribution < -0.4 is 10.6 Å². The molecule has 13 heavy (non-hydrogen) atoms. The summed E-state index contributed by atoms with van der Waals surface area (Å²) in [6.45, 7) is 0.0707. The minimum absolute atomic E-state index is 0.0229. The molecule has 3 nitrogen and oxygen atoms in total. The largest absolute Gasteiger partial charge is 0.378 e. The van der Waals surface area contributed by atoms with Gasteiger partial charge in [-0.25, -0.2) is 0 Å². The van der Waals surface area contributed by atoms with E-state index in [0.29, 0.717) is 5.56 Å². The zero-order valence-electron chi connectivity index (χ0n) is 7.95. The fourth-order valence-electron chi connectivity index (χ4n) is 1.06. The van der Waals surface area contributed by atoms with E-state index < -0.39 is 0 Å². The molecule has 1 rings (SSSR count). The van der Waals surface area contributed by atoms with Gasteiger partial charge in [-0.2, -0.15) is 0 Å². The summed E-state index contributed by atoms with van der Waals surface area (Å²) in [6.07, 6.45) is 0. The van der Waals surface area contributed by atoms with Crippen molar-refractivity contribution in [1.82, 2.24) is 0 Å². The minimum Gasteiger partial charge on any atom is -0.378 e. The highest BCUT2D eigenvalue weighted by Crippen LogP contribution is 2.12. The van der Waals surface area contributed by atoms with Crippen LogP contribution in [0.1, 0.15) is 10.4 Å². The van der Waals surface area contributed by atoms with Gasteiger partial charge in [0.05, 0.1) is 6.54 Å². The molecule has 0 radical (unpaired) electrons. The maximum atomic E-state index is 11.2. The summed E-state index contributed by atoms with van der Waals surface area (Å²) >= 11 is 0. The van der Waals surface area contributed by atoms with Crippen molar-refractivity contribution in [2.45, 2.75) is 0 Å². The summed E-state index contributed by atoms with van der Waals surface area (Å²) in [4.78, 5) is 13.1. The number of nitrogens with zero attached hydrogens (tertiary/aromatic N) is 1. The highest BCUT2D eigenvalue weighted by Gasteiger charge is 2.02. The lowest BCUT2D eigenvalue weighted by Crippen LogP contribution is -2.14. The molecule has 0 aliphatic heterocycles. The molecular weight excluding hydrogens is 164 g/mol. The Balaban J connectivity index is 2.87. The minimum atomic E-state index is -0.0229. The van der Waals surface area contributed by atoms with Crippen LogP contribution in [-0.2, 0) is 0 Å². The number of carbonyl (C=O) groups excluding carboxylic acids is 1. The lowest BCUT2D eigenvalue weighted by molar-refractivity contribution is 0.100. The average molecular weight is 178 g/mol. The van der Waals surface area contributed by atoms with Crippen molar-refractivity contribution in [3.63, 3.8) is 0 Å². The number of hydrogen-bond donors (Lipinski definition) is 1. The number of benzene rings is 1. The SMILES string of the molecule is CN(C)c1ccc(C(=O)CN)cc1. The summed E-state index contributed by atoms with van der Waals surface area (Å²) in [7, 11) is 3.92. The Hall–Kier alpha value is -1.35. The number of hydrogen-bond acceptors (Lipinski definition) is 3. The van der Waals surface area contributed by atoms with E-state index in [-0.39, 0.29) is 12.3 Å². The highest BCUT2D eigenvalue weighted by atomic mass is 16.1. The summed E-state index contributed by atoms with van der Waals surface area (Å²) in [5, 5.41) is 0. The first-order valence-electron chi connectivity index (χ1n) is 4.16. The first kappa shape index (κ1) is 9.74.